The topological polar surface area (TPSA) is 40.5 Å². The molecule has 100 valence electrons. The van der Waals surface area contributed by atoms with E-state index in [0.717, 1.165) is 41.2 Å². The Morgan fingerprint density at radius 2 is 1.68 bits per heavy atom. The van der Waals surface area contributed by atoms with E-state index in [0.29, 0.717) is 23.3 Å². The zero-order valence-corrected chi connectivity index (χ0v) is 11.5. The van der Waals surface area contributed by atoms with Crippen LogP contribution in [0.15, 0.2) is 24.3 Å². The molecule has 1 unspecified atom stereocenters. The third kappa shape index (κ3) is 1.78. The van der Waals surface area contributed by atoms with Gasteiger partial charge in [-0.15, -0.1) is 0 Å². The van der Waals surface area contributed by atoms with Gasteiger partial charge in [-0.25, -0.2) is 0 Å². The Balaban J connectivity index is 2.36. The van der Waals surface area contributed by atoms with Crippen molar-refractivity contribution >= 4 is 10.8 Å². The molecule has 0 fully saturated rings. The van der Waals surface area contributed by atoms with Gasteiger partial charge < -0.3 is 10.2 Å². The fourth-order valence-corrected chi connectivity index (χ4v) is 3.44. The Bertz CT molecular complexity index is 629. The number of phenolic OH excluding ortho intramolecular Hbond substituents is 2. The van der Waals surface area contributed by atoms with Crippen LogP contribution in [0.2, 0.25) is 0 Å². The summed E-state index contributed by atoms with van der Waals surface area (Å²) >= 11 is 0. The minimum absolute atomic E-state index is 0.347. The van der Waals surface area contributed by atoms with Gasteiger partial charge >= 0.3 is 0 Å². The van der Waals surface area contributed by atoms with E-state index in [1.807, 2.05) is 24.3 Å². The van der Waals surface area contributed by atoms with E-state index >= 15 is 0 Å². The third-order valence-electron chi connectivity index (χ3n) is 4.42. The molecular weight excluding hydrogens is 236 g/mol. The molecule has 0 radical (unpaired) electrons. The highest BCUT2D eigenvalue weighted by Gasteiger charge is 2.29. The highest BCUT2D eigenvalue weighted by Crippen LogP contribution is 2.49. The second-order valence-electron chi connectivity index (χ2n) is 5.88. The minimum atomic E-state index is 0.347. The molecule has 0 bridgehead atoms. The summed E-state index contributed by atoms with van der Waals surface area (Å²) in [5, 5.41) is 22.7. The average molecular weight is 256 g/mol. The van der Waals surface area contributed by atoms with Crippen molar-refractivity contribution in [3.63, 3.8) is 0 Å². The first-order chi connectivity index (χ1) is 9.11. The van der Waals surface area contributed by atoms with Crippen molar-refractivity contribution in [1.82, 2.24) is 0 Å². The summed E-state index contributed by atoms with van der Waals surface area (Å²) < 4.78 is 0. The number of phenols is 2. The largest absolute Gasteiger partial charge is 0.507 e. The van der Waals surface area contributed by atoms with Crippen molar-refractivity contribution in [3.05, 3.63) is 35.4 Å². The van der Waals surface area contributed by atoms with E-state index in [1.165, 1.54) is 0 Å². The molecule has 2 N–H and O–H groups in total. The van der Waals surface area contributed by atoms with Crippen LogP contribution >= 0.6 is 0 Å². The molecule has 0 aliphatic heterocycles. The lowest BCUT2D eigenvalue weighted by molar-refractivity contribution is 0.391. The SMILES string of the molecule is CC(C)C1CCCc2c1c(O)c1ccccc1c2O. The summed E-state index contributed by atoms with van der Waals surface area (Å²) in [6.45, 7) is 4.37. The maximum absolute atomic E-state index is 10.6. The van der Waals surface area contributed by atoms with Gasteiger partial charge in [0.25, 0.3) is 0 Å². The summed E-state index contributed by atoms with van der Waals surface area (Å²) in [6.07, 6.45) is 3.04. The van der Waals surface area contributed by atoms with E-state index in [1.54, 1.807) is 0 Å². The molecule has 0 heterocycles. The second-order valence-corrected chi connectivity index (χ2v) is 5.88. The van der Waals surface area contributed by atoms with Crippen LogP contribution < -0.4 is 0 Å². The summed E-state index contributed by atoms with van der Waals surface area (Å²) in [7, 11) is 0. The molecule has 2 aromatic rings. The van der Waals surface area contributed by atoms with Crippen molar-refractivity contribution < 1.29 is 10.2 Å². The number of hydrogen-bond acceptors (Lipinski definition) is 2. The predicted octanol–water partition coefficient (Wildman–Crippen LogP) is 4.33. The summed E-state index contributed by atoms with van der Waals surface area (Å²) in [5.74, 6) is 1.57. The van der Waals surface area contributed by atoms with Gasteiger partial charge in [0.15, 0.2) is 0 Å². The molecule has 0 saturated heterocycles. The zero-order chi connectivity index (χ0) is 13.6. The first kappa shape index (κ1) is 12.3. The van der Waals surface area contributed by atoms with Gasteiger partial charge in [0, 0.05) is 21.9 Å². The maximum atomic E-state index is 10.6. The van der Waals surface area contributed by atoms with Crippen LogP contribution in [0.4, 0.5) is 0 Å². The normalized spacial score (nSPS) is 18.8. The number of benzene rings is 2. The van der Waals surface area contributed by atoms with E-state index in [2.05, 4.69) is 13.8 Å². The van der Waals surface area contributed by atoms with Crippen LogP contribution in [-0.2, 0) is 6.42 Å². The average Bonchev–Trinajstić information content (AvgIpc) is 2.44. The van der Waals surface area contributed by atoms with Crippen LogP contribution in [0.5, 0.6) is 11.5 Å². The summed E-state index contributed by atoms with van der Waals surface area (Å²) in [6, 6.07) is 7.57. The molecule has 0 saturated carbocycles. The molecule has 2 aromatic carbocycles. The molecule has 2 nitrogen and oxygen atoms in total. The van der Waals surface area contributed by atoms with E-state index in [-0.39, 0.29) is 0 Å². The van der Waals surface area contributed by atoms with E-state index in [9.17, 15) is 10.2 Å². The van der Waals surface area contributed by atoms with Gasteiger partial charge in [0.1, 0.15) is 11.5 Å². The highest BCUT2D eigenvalue weighted by atomic mass is 16.3. The molecule has 2 heteroatoms. The van der Waals surface area contributed by atoms with Crippen molar-refractivity contribution in [2.75, 3.05) is 0 Å². The highest BCUT2D eigenvalue weighted by molar-refractivity contribution is 5.95. The number of hydrogen-bond donors (Lipinski definition) is 2. The lowest BCUT2D eigenvalue weighted by atomic mass is 9.75. The molecule has 0 aromatic heterocycles. The quantitative estimate of drug-likeness (QED) is 0.746. The second kappa shape index (κ2) is 4.44. The lowest BCUT2D eigenvalue weighted by Crippen LogP contribution is -2.15. The van der Waals surface area contributed by atoms with Gasteiger partial charge in [0.2, 0.25) is 0 Å². The first-order valence-electron chi connectivity index (χ1n) is 7.06. The number of rotatable bonds is 1. The molecule has 1 aliphatic rings. The molecule has 3 rings (SSSR count). The Kier molecular flexibility index (Phi) is 2.89. The Morgan fingerprint density at radius 3 is 2.32 bits per heavy atom. The standard InChI is InChI=1S/C17H20O2/c1-10(2)11-8-5-9-14-15(11)17(19)13-7-4-3-6-12(13)16(14)18/h3-4,6-7,10-11,18-19H,5,8-9H2,1-2H3. The van der Waals surface area contributed by atoms with Gasteiger partial charge in [0.05, 0.1) is 0 Å². The van der Waals surface area contributed by atoms with Crippen molar-refractivity contribution in [1.29, 1.82) is 0 Å². The number of aromatic hydroxyl groups is 2. The molecule has 19 heavy (non-hydrogen) atoms. The van der Waals surface area contributed by atoms with Gasteiger partial charge in [-0.2, -0.15) is 0 Å². The van der Waals surface area contributed by atoms with Crippen LogP contribution in [0.3, 0.4) is 0 Å². The fourth-order valence-electron chi connectivity index (χ4n) is 3.44. The van der Waals surface area contributed by atoms with Crippen molar-refractivity contribution in [3.8, 4) is 11.5 Å². The van der Waals surface area contributed by atoms with Gasteiger partial charge in [-0.05, 0) is 31.1 Å². The first-order valence-corrected chi connectivity index (χ1v) is 7.06. The summed E-state index contributed by atoms with van der Waals surface area (Å²) in [5.41, 5.74) is 1.94. The maximum Gasteiger partial charge on any atom is 0.127 e. The summed E-state index contributed by atoms with van der Waals surface area (Å²) in [4.78, 5) is 0. The third-order valence-corrected chi connectivity index (χ3v) is 4.42. The smallest absolute Gasteiger partial charge is 0.127 e. The van der Waals surface area contributed by atoms with E-state index in [4.69, 9.17) is 0 Å². The van der Waals surface area contributed by atoms with Crippen molar-refractivity contribution in [2.45, 2.75) is 39.0 Å². The monoisotopic (exact) mass is 256 g/mol. The van der Waals surface area contributed by atoms with Gasteiger partial charge in [-0.3, -0.25) is 0 Å². The Labute approximate surface area is 113 Å². The predicted molar refractivity (Wildman–Crippen MR) is 77.8 cm³/mol. The lowest BCUT2D eigenvalue weighted by Gasteiger charge is -2.30. The zero-order valence-electron chi connectivity index (χ0n) is 11.5. The Morgan fingerprint density at radius 1 is 1.05 bits per heavy atom. The van der Waals surface area contributed by atoms with Crippen LogP contribution in [-0.4, -0.2) is 10.2 Å². The minimum Gasteiger partial charge on any atom is -0.507 e. The van der Waals surface area contributed by atoms with Crippen molar-refractivity contribution in [2.24, 2.45) is 5.92 Å². The molecule has 1 atom stereocenters. The molecule has 1 aliphatic carbocycles. The van der Waals surface area contributed by atoms with Crippen LogP contribution in [0, 0.1) is 5.92 Å². The van der Waals surface area contributed by atoms with Crippen LogP contribution in [0.25, 0.3) is 10.8 Å². The fraction of sp³-hybridized carbons (Fsp3) is 0.412. The van der Waals surface area contributed by atoms with Crippen LogP contribution in [0.1, 0.15) is 43.7 Å². The Hall–Kier alpha value is -1.70. The molecule has 0 amide bonds. The van der Waals surface area contributed by atoms with E-state index < -0.39 is 0 Å². The molecule has 0 spiro atoms. The molecular formula is C17H20O2. The van der Waals surface area contributed by atoms with Gasteiger partial charge in [-0.1, -0.05) is 38.1 Å². The number of fused-ring (bicyclic) bond motifs is 2.